The molecule has 0 aliphatic heterocycles. The Balaban J connectivity index is 1.70. The van der Waals surface area contributed by atoms with E-state index >= 15 is 0 Å². The average molecular weight is 700 g/mol. The maximum absolute atomic E-state index is 10.4. The molecule has 0 heterocycles. The van der Waals surface area contributed by atoms with E-state index in [1.807, 2.05) is 49.4 Å². The predicted octanol–water partition coefficient (Wildman–Crippen LogP) is 9.44. The van der Waals surface area contributed by atoms with Gasteiger partial charge in [-0.2, -0.15) is 0 Å². The van der Waals surface area contributed by atoms with Gasteiger partial charge in [0.05, 0.1) is 11.4 Å². The highest BCUT2D eigenvalue weighted by molar-refractivity contribution is 9.12. The zero-order valence-corrected chi connectivity index (χ0v) is 26.3. The van der Waals surface area contributed by atoms with Crippen molar-refractivity contribution < 1.29 is 20.4 Å². The molecule has 0 saturated heterocycles. The van der Waals surface area contributed by atoms with Gasteiger partial charge in [-0.15, -0.1) is 0 Å². The first kappa shape index (κ1) is 30.1. The molecule has 0 aromatic heterocycles. The molecule has 0 spiro atoms. The fourth-order valence-corrected chi connectivity index (χ4v) is 5.69. The fraction of sp³-hybridized carbons (Fsp3) is 0.0857. The van der Waals surface area contributed by atoms with E-state index in [1.54, 1.807) is 24.3 Å². The minimum absolute atomic E-state index is 0.154. The lowest BCUT2D eigenvalue weighted by molar-refractivity contribution is 0.403. The normalized spacial score (nSPS) is 16.0. The second-order valence-electron chi connectivity index (χ2n) is 9.99. The molecule has 6 nitrogen and oxygen atoms in total. The van der Waals surface area contributed by atoms with Crippen LogP contribution in [0, 0.1) is 5.92 Å². The van der Waals surface area contributed by atoms with Crippen LogP contribution in [0.2, 0.25) is 0 Å². The monoisotopic (exact) mass is 698 g/mol. The molecule has 1 aliphatic rings. The van der Waals surface area contributed by atoms with E-state index in [4.69, 9.17) is 9.98 Å². The van der Waals surface area contributed by atoms with Crippen LogP contribution in [0.15, 0.2) is 122 Å². The van der Waals surface area contributed by atoms with Crippen molar-refractivity contribution in [3.8, 4) is 23.0 Å². The van der Waals surface area contributed by atoms with Gasteiger partial charge in [-0.3, -0.25) is 9.98 Å². The number of aromatic hydroxyl groups is 4. The Hall–Kier alpha value is -4.40. The molecule has 0 fully saturated rings. The van der Waals surface area contributed by atoms with Crippen molar-refractivity contribution in [1.82, 2.24) is 0 Å². The van der Waals surface area contributed by atoms with Gasteiger partial charge in [-0.05, 0) is 84.1 Å². The number of hydrogen-bond acceptors (Lipinski definition) is 6. The largest absolute Gasteiger partial charge is 0.504 e. The number of nitrogens with zero attached hydrogens (tertiary/aromatic N) is 2. The van der Waals surface area contributed by atoms with E-state index in [-0.39, 0.29) is 28.9 Å². The molecule has 1 atom stereocenters. The summed E-state index contributed by atoms with van der Waals surface area (Å²) in [4.78, 5) is 9.54. The number of aliphatic imine (C=N–C) groups is 2. The van der Waals surface area contributed by atoms with Crippen LogP contribution in [0.25, 0.3) is 16.3 Å². The third-order valence-electron chi connectivity index (χ3n) is 7.06. The van der Waals surface area contributed by atoms with Crippen molar-refractivity contribution in [2.24, 2.45) is 15.9 Å². The van der Waals surface area contributed by atoms with Gasteiger partial charge in [-0.1, -0.05) is 80.4 Å². The summed E-state index contributed by atoms with van der Waals surface area (Å²) >= 11 is 7.13. The Labute approximate surface area is 266 Å². The topological polar surface area (TPSA) is 106 Å². The van der Waals surface area contributed by atoms with E-state index in [9.17, 15) is 20.4 Å². The number of fused-ring (bicyclic) bond motifs is 1. The third kappa shape index (κ3) is 6.98. The van der Waals surface area contributed by atoms with Gasteiger partial charge in [0.1, 0.15) is 0 Å². The molecule has 43 heavy (non-hydrogen) atoms. The number of benzene rings is 4. The van der Waals surface area contributed by atoms with Gasteiger partial charge in [0.15, 0.2) is 23.0 Å². The van der Waals surface area contributed by atoms with E-state index in [0.29, 0.717) is 22.5 Å². The van der Waals surface area contributed by atoms with Crippen LogP contribution in [0.5, 0.6) is 23.0 Å². The summed E-state index contributed by atoms with van der Waals surface area (Å²) in [6.45, 7) is 1.97. The summed E-state index contributed by atoms with van der Waals surface area (Å²) in [7, 11) is 0. The number of rotatable bonds is 7. The SMILES string of the molecule is C/C(=C(\C=C/C1C=C(Br)C=CC1)/N=C/c1cccc(O)c1O)c1c(/N=C/c2cccc(O)c2O)ccc2cc(Br)ccc12. The number of phenols is 4. The highest BCUT2D eigenvalue weighted by Gasteiger charge is 2.14. The zero-order valence-electron chi connectivity index (χ0n) is 23.1. The van der Waals surface area contributed by atoms with Gasteiger partial charge in [0.25, 0.3) is 0 Å². The second kappa shape index (κ2) is 13.3. The number of halogens is 2. The fourth-order valence-electron chi connectivity index (χ4n) is 4.78. The smallest absolute Gasteiger partial charge is 0.166 e. The first-order valence-corrected chi connectivity index (χ1v) is 15.1. The summed E-state index contributed by atoms with van der Waals surface area (Å²) in [5.74, 6) is -0.787. The van der Waals surface area contributed by atoms with Crippen molar-refractivity contribution >= 4 is 66.3 Å². The van der Waals surface area contributed by atoms with Gasteiger partial charge >= 0.3 is 0 Å². The van der Waals surface area contributed by atoms with Crippen LogP contribution in [-0.2, 0) is 0 Å². The van der Waals surface area contributed by atoms with Gasteiger partial charge in [0.2, 0.25) is 0 Å². The van der Waals surface area contributed by atoms with E-state index in [1.165, 1.54) is 24.6 Å². The molecule has 5 rings (SSSR count). The first-order valence-electron chi connectivity index (χ1n) is 13.5. The lowest BCUT2D eigenvalue weighted by Gasteiger charge is -2.14. The molecule has 4 N–H and O–H groups in total. The van der Waals surface area contributed by atoms with Crippen LogP contribution in [-0.4, -0.2) is 32.9 Å². The summed E-state index contributed by atoms with van der Waals surface area (Å²) in [6, 6.07) is 19.3. The Morgan fingerprint density at radius 1 is 0.860 bits per heavy atom. The van der Waals surface area contributed by atoms with E-state index < -0.39 is 0 Å². The van der Waals surface area contributed by atoms with Crippen molar-refractivity contribution in [3.05, 3.63) is 128 Å². The van der Waals surface area contributed by atoms with Crippen molar-refractivity contribution in [2.45, 2.75) is 13.3 Å². The summed E-state index contributed by atoms with van der Waals surface area (Å²) in [5.41, 5.74) is 3.68. The van der Waals surface area contributed by atoms with Crippen LogP contribution in [0.1, 0.15) is 30.0 Å². The van der Waals surface area contributed by atoms with Crippen molar-refractivity contribution in [3.63, 3.8) is 0 Å². The van der Waals surface area contributed by atoms with Crippen molar-refractivity contribution in [1.29, 1.82) is 0 Å². The summed E-state index contributed by atoms with van der Waals surface area (Å²) in [5, 5.41) is 42.7. The Bertz CT molecular complexity index is 1890. The molecule has 0 bridgehead atoms. The van der Waals surface area contributed by atoms with Crippen LogP contribution >= 0.6 is 31.9 Å². The van der Waals surface area contributed by atoms with Crippen LogP contribution in [0.3, 0.4) is 0 Å². The molecule has 1 aliphatic carbocycles. The standard InChI is InChI=1S/C35H28Br2N2O4/c1-21(29(15-11-22-5-2-8-26(36)17-22)38-19-24-6-3-9-31(40)34(24)42)33-28-14-13-27(37)18-23(28)12-16-30(33)39-20-25-7-4-10-32(41)35(25)43/h2-4,6-20,22,40-43H,5H2,1H3/b15-11-,29-21-,38-19+,39-20+. The first-order chi connectivity index (χ1) is 20.7. The van der Waals surface area contributed by atoms with Crippen molar-refractivity contribution in [2.75, 3.05) is 0 Å². The molecule has 1 unspecified atom stereocenters. The Morgan fingerprint density at radius 2 is 1.56 bits per heavy atom. The lowest BCUT2D eigenvalue weighted by Crippen LogP contribution is -1.96. The zero-order chi connectivity index (χ0) is 30.5. The minimum Gasteiger partial charge on any atom is -0.504 e. The molecule has 0 amide bonds. The third-order valence-corrected chi connectivity index (χ3v) is 8.08. The Morgan fingerprint density at radius 3 is 2.26 bits per heavy atom. The average Bonchev–Trinajstić information content (AvgIpc) is 2.99. The Kier molecular flexibility index (Phi) is 9.28. The summed E-state index contributed by atoms with van der Waals surface area (Å²) in [6.07, 6.45) is 14.2. The molecule has 4 aromatic carbocycles. The van der Waals surface area contributed by atoms with Gasteiger partial charge in [-0.25, -0.2) is 0 Å². The maximum atomic E-state index is 10.4. The molecule has 216 valence electrons. The number of para-hydroxylation sites is 2. The van der Waals surface area contributed by atoms with Gasteiger partial charge < -0.3 is 20.4 Å². The molecular formula is C35H28Br2N2O4. The van der Waals surface area contributed by atoms with E-state index in [2.05, 4.69) is 50.1 Å². The molecule has 4 aromatic rings. The summed E-state index contributed by atoms with van der Waals surface area (Å²) < 4.78 is 1.95. The van der Waals surface area contributed by atoms with Crippen LogP contribution < -0.4 is 0 Å². The number of hydrogen-bond donors (Lipinski definition) is 4. The molecular weight excluding hydrogens is 672 g/mol. The molecule has 8 heteroatoms. The lowest BCUT2D eigenvalue weighted by atomic mass is 9.94. The maximum Gasteiger partial charge on any atom is 0.166 e. The van der Waals surface area contributed by atoms with E-state index in [0.717, 1.165) is 37.3 Å². The second-order valence-corrected chi connectivity index (χ2v) is 11.8. The van der Waals surface area contributed by atoms with Gasteiger partial charge in [0, 0.05) is 38.1 Å². The highest BCUT2D eigenvalue weighted by Crippen LogP contribution is 2.38. The minimum atomic E-state index is -0.247. The number of allylic oxidation sites excluding steroid dienone is 7. The molecule has 0 radical (unpaired) electrons. The molecule has 0 saturated carbocycles. The quantitative estimate of drug-likeness (QED) is 0.0876. The predicted molar refractivity (Wildman–Crippen MR) is 182 cm³/mol. The number of phenolic OH excluding ortho intramolecular Hbond substituents is 4. The van der Waals surface area contributed by atoms with Crippen LogP contribution in [0.4, 0.5) is 5.69 Å². The highest BCUT2D eigenvalue weighted by atomic mass is 79.9.